The molecular formula is C23H42N2O2. The number of piperidine rings is 2. The lowest BCUT2D eigenvalue weighted by Crippen LogP contribution is -2.41. The summed E-state index contributed by atoms with van der Waals surface area (Å²) < 4.78 is 0. The number of carbonyl (C=O) groups excluding carboxylic acids is 2. The second-order valence-electron chi connectivity index (χ2n) is 9.56. The highest BCUT2D eigenvalue weighted by Gasteiger charge is 2.28. The molecule has 0 N–H and O–H groups in total. The minimum Gasteiger partial charge on any atom is -0.343 e. The van der Waals surface area contributed by atoms with Gasteiger partial charge in [0.05, 0.1) is 0 Å². The minimum absolute atomic E-state index is 0.333. The minimum atomic E-state index is 0.333. The molecule has 0 aliphatic carbocycles. The Kier molecular flexibility index (Phi) is 9.11. The first-order valence-corrected chi connectivity index (χ1v) is 11.4. The second-order valence-corrected chi connectivity index (χ2v) is 9.56. The summed E-state index contributed by atoms with van der Waals surface area (Å²) in [6.45, 7) is 12.6. The molecule has 4 nitrogen and oxygen atoms in total. The van der Waals surface area contributed by atoms with Crippen LogP contribution in [-0.4, -0.2) is 47.8 Å². The number of amides is 2. The molecule has 0 aromatic rings. The first-order valence-electron chi connectivity index (χ1n) is 11.4. The van der Waals surface area contributed by atoms with E-state index in [0.29, 0.717) is 42.4 Å². The van der Waals surface area contributed by atoms with E-state index in [2.05, 4.69) is 37.5 Å². The Balaban J connectivity index is 1.79. The van der Waals surface area contributed by atoms with E-state index in [1.165, 1.54) is 6.42 Å². The predicted molar refractivity (Wildman–Crippen MR) is 111 cm³/mol. The fraction of sp³-hybridized carbons (Fsp3) is 0.913. The zero-order valence-corrected chi connectivity index (χ0v) is 18.2. The van der Waals surface area contributed by atoms with Gasteiger partial charge in [-0.05, 0) is 62.2 Å². The van der Waals surface area contributed by atoms with Gasteiger partial charge >= 0.3 is 0 Å². The third-order valence-electron chi connectivity index (χ3n) is 6.65. The van der Waals surface area contributed by atoms with E-state index < -0.39 is 0 Å². The zero-order chi connectivity index (χ0) is 19.8. The number of hydrogen-bond donors (Lipinski definition) is 0. The fourth-order valence-electron chi connectivity index (χ4n) is 4.55. The van der Waals surface area contributed by atoms with Crippen molar-refractivity contribution in [1.82, 2.24) is 9.80 Å². The average Bonchev–Trinajstić information content (AvgIpc) is 2.66. The molecule has 156 valence electrons. The van der Waals surface area contributed by atoms with E-state index in [1.807, 2.05) is 0 Å². The van der Waals surface area contributed by atoms with Crippen LogP contribution in [0.4, 0.5) is 0 Å². The fourth-order valence-corrected chi connectivity index (χ4v) is 4.55. The van der Waals surface area contributed by atoms with Gasteiger partial charge < -0.3 is 9.80 Å². The quantitative estimate of drug-likeness (QED) is 0.613. The number of likely N-dealkylation sites (tertiary alicyclic amines) is 2. The van der Waals surface area contributed by atoms with Gasteiger partial charge in [0.2, 0.25) is 11.8 Å². The molecule has 4 heteroatoms. The highest BCUT2D eigenvalue weighted by Crippen LogP contribution is 2.28. The Labute approximate surface area is 167 Å². The summed E-state index contributed by atoms with van der Waals surface area (Å²) >= 11 is 0. The Bertz CT molecular complexity index is 469. The molecule has 0 bridgehead atoms. The van der Waals surface area contributed by atoms with Crippen molar-refractivity contribution in [3.05, 3.63) is 0 Å². The van der Waals surface area contributed by atoms with Crippen LogP contribution in [-0.2, 0) is 9.59 Å². The summed E-state index contributed by atoms with van der Waals surface area (Å²) in [6.07, 6.45) is 9.16. The largest absolute Gasteiger partial charge is 0.343 e. The van der Waals surface area contributed by atoms with Crippen molar-refractivity contribution >= 4 is 11.8 Å². The van der Waals surface area contributed by atoms with Gasteiger partial charge in [0.1, 0.15) is 0 Å². The molecule has 2 heterocycles. The van der Waals surface area contributed by atoms with E-state index >= 15 is 0 Å². The third kappa shape index (κ3) is 7.46. The first kappa shape index (κ1) is 22.2. The van der Waals surface area contributed by atoms with E-state index in [0.717, 1.165) is 70.6 Å². The lowest BCUT2D eigenvalue weighted by molar-refractivity contribution is -0.135. The Hall–Kier alpha value is -1.06. The van der Waals surface area contributed by atoms with Crippen LogP contribution in [0.25, 0.3) is 0 Å². The van der Waals surface area contributed by atoms with Gasteiger partial charge in [0, 0.05) is 39.0 Å². The van der Waals surface area contributed by atoms with Crippen molar-refractivity contribution in [2.24, 2.45) is 23.7 Å². The van der Waals surface area contributed by atoms with Crippen LogP contribution in [0.3, 0.4) is 0 Å². The highest BCUT2D eigenvalue weighted by atomic mass is 16.2. The topological polar surface area (TPSA) is 40.6 Å². The van der Waals surface area contributed by atoms with Gasteiger partial charge in [-0.1, -0.05) is 34.1 Å². The smallest absolute Gasteiger partial charge is 0.222 e. The Morgan fingerprint density at radius 1 is 1.00 bits per heavy atom. The number of hydrogen-bond acceptors (Lipinski definition) is 2. The van der Waals surface area contributed by atoms with Gasteiger partial charge in [-0.3, -0.25) is 9.59 Å². The molecule has 2 fully saturated rings. The summed E-state index contributed by atoms with van der Waals surface area (Å²) in [6, 6.07) is 0. The lowest BCUT2D eigenvalue weighted by Gasteiger charge is -2.35. The Morgan fingerprint density at radius 2 is 1.70 bits per heavy atom. The molecule has 2 unspecified atom stereocenters. The molecule has 0 spiro atoms. The van der Waals surface area contributed by atoms with E-state index in [4.69, 9.17) is 0 Å². The molecule has 0 saturated carbocycles. The van der Waals surface area contributed by atoms with Gasteiger partial charge in [0.15, 0.2) is 0 Å². The van der Waals surface area contributed by atoms with E-state index in [9.17, 15) is 9.59 Å². The van der Waals surface area contributed by atoms with Crippen LogP contribution in [0.2, 0.25) is 0 Å². The van der Waals surface area contributed by atoms with Crippen molar-refractivity contribution in [2.75, 3.05) is 26.2 Å². The summed E-state index contributed by atoms with van der Waals surface area (Å²) in [7, 11) is 0. The van der Waals surface area contributed by atoms with Gasteiger partial charge in [-0.2, -0.15) is 0 Å². The molecule has 2 rings (SSSR count). The molecule has 27 heavy (non-hydrogen) atoms. The molecule has 2 aliphatic heterocycles. The maximum atomic E-state index is 12.7. The van der Waals surface area contributed by atoms with Crippen LogP contribution in [0.1, 0.15) is 85.5 Å². The summed E-state index contributed by atoms with van der Waals surface area (Å²) in [5.74, 6) is 3.07. The standard InChI is InChI=1S/C23H42N2O2/c1-5-20(16-23(27)24-13-10-19(4)11-14-24)15-21-7-6-12-25(17-21)22(26)9-8-18(2)3/h18-21H,5-17H2,1-4H3. The van der Waals surface area contributed by atoms with Crippen LogP contribution in [0, 0.1) is 23.7 Å². The number of rotatable bonds is 8. The molecule has 0 radical (unpaired) electrons. The Morgan fingerprint density at radius 3 is 2.33 bits per heavy atom. The van der Waals surface area contributed by atoms with E-state index in [-0.39, 0.29) is 0 Å². The molecular weight excluding hydrogens is 336 g/mol. The zero-order valence-electron chi connectivity index (χ0n) is 18.2. The van der Waals surface area contributed by atoms with Crippen molar-refractivity contribution in [2.45, 2.75) is 85.5 Å². The predicted octanol–water partition coefficient (Wildman–Crippen LogP) is 4.73. The van der Waals surface area contributed by atoms with Crippen molar-refractivity contribution in [3.63, 3.8) is 0 Å². The van der Waals surface area contributed by atoms with Crippen molar-refractivity contribution < 1.29 is 9.59 Å². The molecule has 0 aromatic heterocycles. The maximum Gasteiger partial charge on any atom is 0.222 e. The molecule has 2 saturated heterocycles. The van der Waals surface area contributed by atoms with Crippen molar-refractivity contribution in [3.8, 4) is 0 Å². The van der Waals surface area contributed by atoms with Crippen LogP contribution in [0.15, 0.2) is 0 Å². The van der Waals surface area contributed by atoms with Crippen molar-refractivity contribution in [1.29, 1.82) is 0 Å². The maximum absolute atomic E-state index is 12.7. The van der Waals surface area contributed by atoms with Gasteiger partial charge in [-0.15, -0.1) is 0 Å². The SMILES string of the molecule is CCC(CC(=O)N1CCC(C)CC1)CC1CCCN(C(=O)CCC(C)C)C1. The van der Waals surface area contributed by atoms with E-state index in [1.54, 1.807) is 0 Å². The average molecular weight is 379 g/mol. The summed E-state index contributed by atoms with van der Waals surface area (Å²) in [5.41, 5.74) is 0. The van der Waals surface area contributed by atoms with Gasteiger partial charge in [-0.25, -0.2) is 0 Å². The molecule has 2 amide bonds. The summed E-state index contributed by atoms with van der Waals surface area (Å²) in [5, 5.41) is 0. The second kappa shape index (κ2) is 11.1. The molecule has 0 aromatic carbocycles. The highest BCUT2D eigenvalue weighted by molar-refractivity contribution is 5.77. The summed E-state index contributed by atoms with van der Waals surface area (Å²) in [4.78, 5) is 29.4. The van der Waals surface area contributed by atoms with Crippen LogP contribution >= 0.6 is 0 Å². The molecule has 2 atom stereocenters. The first-order chi connectivity index (χ1) is 12.9. The molecule has 2 aliphatic rings. The lowest BCUT2D eigenvalue weighted by atomic mass is 9.85. The number of carbonyl (C=O) groups is 2. The van der Waals surface area contributed by atoms with Gasteiger partial charge in [0.25, 0.3) is 0 Å². The third-order valence-corrected chi connectivity index (χ3v) is 6.65. The number of nitrogens with zero attached hydrogens (tertiary/aromatic N) is 2. The normalized spacial score (nSPS) is 22.9. The van der Waals surface area contributed by atoms with Crippen LogP contribution in [0.5, 0.6) is 0 Å². The monoisotopic (exact) mass is 378 g/mol. The van der Waals surface area contributed by atoms with Crippen LogP contribution < -0.4 is 0 Å².